The van der Waals surface area contributed by atoms with Crippen molar-refractivity contribution in [3.8, 4) is 0 Å². The number of alkyl halides is 1. The molecule has 0 amide bonds. The zero-order chi connectivity index (χ0) is 15.2. The van der Waals surface area contributed by atoms with Gasteiger partial charge in [0.05, 0.1) is 5.60 Å². The molecule has 116 valence electrons. The molecule has 2 rings (SSSR count). The average molecular weight is 394 g/mol. The Labute approximate surface area is 136 Å². The summed E-state index contributed by atoms with van der Waals surface area (Å²) in [6.45, 7) is 7.96. The van der Waals surface area contributed by atoms with Crippen molar-refractivity contribution >= 4 is 28.6 Å². The van der Waals surface area contributed by atoms with Crippen molar-refractivity contribution in [2.24, 2.45) is 11.8 Å². The van der Waals surface area contributed by atoms with Crippen LogP contribution in [-0.4, -0.2) is 25.7 Å². The lowest BCUT2D eigenvalue weighted by Gasteiger charge is -2.53. The molecule has 0 heterocycles. The lowest BCUT2D eigenvalue weighted by Crippen LogP contribution is -2.56. The molecular formula is C16H27IO3. The van der Waals surface area contributed by atoms with Gasteiger partial charge in [-0.1, -0.05) is 35.9 Å². The van der Waals surface area contributed by atoms with Gasteiger partial charge in [0, 0.05) is 0 Å². The van der Waals surface area contributed by atoms with Crippen LogP contribution in [0.4, 0.5) is 0 Å². The van der Waals surface area contributed by atoms with Crippen LogP contribution in [0.1, 0.15) is 66.2 Å². The van der Waals surface area contributed by atoms with E-state index in [-0.39, 0.29) is 17.8 Å². The van der Waals surface area contributed by atoms with E-state index in [0.717, 1.165) is 32.1 Å². The second-order valence-corrected chi connectivity index (χ2v) is 9.73. The molecule has 0 aliphatic heterocycles. The van der Waals surface area contributed by atoms with Gasteiger partial charge < -0.3 is 9.84 Å². The standard InChI is InChI=1S/C16H27IO3/c1-5-15(3,17)13(18)20-14(2)9-11-7-6-8-12(10-14)16(11,4)19/h11-12,19H,5-10H2,1-4H3. The molecule has 3 unspecified atom stereocenters. The fourth-order valence-electron chi connectivity index (χ4n) is 3.83. The fourth-order valence-corrected chi connectivity index (χ4v) is 3.94. The molecule has 3 nitrogen and oxygen atoms in total. The van der Waals surface area contributed by atoms with Crippen molar-refractivity contribution in [1.82, 2.24) is 0 Å². The lowest BCUT2D eigenvalue weighted by atomic mass is 9.58. The van der Waals surface area contributed by atoms with Gasteiger partial charge in [-0.15, -0.1) is 0 Å². The zero-order valence-electron chi connectivity index (χ0n) is 13.0. The summed E-state index contributed by atoms with van der Waals surface area (Å²) in [6.07, 6.45) is 5.64. The van der Waals surface area contributed by atoms with E-state index in [9.17, 15) is 9.90 Å². The molecule has 0 radical (unpaired) electrons. The van der Waals surface area contributed by atoms with Gasteiger partial charge in [-0.3, -0.25) is 4.79 Å². The number of ether oxygens (including phenoxy) is 1. The van der Waals surface area contributed by atoms with Crippen LogP contribution in [0.2, 0.25) is 0 Å². The van der Waals surface area contributed by atoms with Gasteiger partial charge in [-0.25, -0.2) is 0 Å². The molecular weight excluding hydrogens is 367 g/mol. The lowest BCUT2D eigenvalue weighted by molar-refractivity contribution is -0.193. The van der Waals surface area contributed by atoms with Gasteiger partial charge in [0.25, 0.3) is 0 Å². The second-order valence-electron chi connectivity index (χ2n) is 7.35. The molecule has 0 aromatic carbocycles. The van der Waals surface area contributed by atoms with Crippen LogP contribution >= 0.6 is 22.6 Å². The molecule has 2 aliphatic rings. The first-order valence-electron chi connectivity index (χ1n) is 7.75. The minimum atomic E-state index is -0.581. The highest BCUT2D eigenvalue weighted by molar-refractivity contribution is 14.1. The number of hydrogen-bond donors (Lipinski definition) is 1. The van der Waals surface area contributed by atoms with Crippen molar-refractivity contribution in [3.05, 3.63) is 0 Å². The maximum Gasteiger partial charge on any atom is 0.322 e. The highest BCUT2D eigenvalue weighted by Crippen LogP contribution is 2.52. The summed E-state index contributed by atoms with van der Waals surface area (Å²) >= 11 is 2.19. The summed E-state index contributed by atoms with van der Waals surface area (Å²) in [5.41, 5.74) is -0.987. The van der Waals surface area contributed by atoms with Gasteiger partial charge in [0.1, 0.15) is 9.02 Å². The van der Waals surface area contributed by atoms with Crippen LogP contribution in [0.15, 0.2) is 0 Å². The smallest absolute Gasteiger partial charge is 0.322 e. The number of carbonyl (C=O) groups is 1. The van der Waals surface area contributed by atoms with Gasteiger partial charge in [0.2, 0.25) is 0 Å². The predicted octanol–water partition coefficient (Wildman–Crippen LogP) is 3.85. The summed E-state index contributed by atoms with van der Waals surface area (Å²) in [4.78, 5) is 12.4. The fraction of sp³-hybridized carbons (Fsp3) is 0.938. The molecule has 0 spiro atoms. The Morgan fingerprint density at radius 3 is 2.30 bits per heavy atom. The highest BCUT2D eigenvalue weighted by atomic mass is 127. The van der Waals surface area contributed by atoms with Gasteiger partial charge in [-0.05, 0) is 64.7 Å². The number of carbonyl (C=O) groups excluding carboxylic acids is 1. The number of esters is 1. The van der Waals surface area contributed by atoms with Crippen LogP contribution in [0.5, 0.6) is 0 Å². The molecule has 2 bridgehead atoms. The monoisotopic (exact) mass is 394 g/mol. The minimum Gasteiger partial charge on any atom is -0.458 e. The van der Waals surface area contributed by atoms with E-state index in [1.54, 1.807) is 0 Å². The van der Waals surface area contributed by atoms with Crippen LogP contribution in [0, 0.1) is 11.8 Å². The summed E-state index contributed by atoms with van der Waals surface area (Å²) in [5, 5.41) is 10.7. The maximum absolute atomic E-state index is 12.4. The third kappa shape index (κ3) is 3.01. The Hall–Kier alpha value is 0.160. The van der Waals surface area contributed by atoms with Crippen LogP contribution in [0.25, 0.3) is 0 Å². The first-order valence-corrected chi connectivity index (χ1v) is 8.83. The predicted molar refractivity (Wildman–Crippen MR) is 87.9 cm³/mol. The van der Waals surface area contributed by atoms with E-state index in [2.05, 4.69) is 22.6 Å². The Morgan fingerprint density at radius 2 is 1.85 bits per heavy atom. The number of aliphatic hydroxyl groups is 1. The molecule has 3 atom stereocenters. The number of hydrogen-bond acceptors (Lipinski definition) is 3. The van der Waals surface area contributed by atoms with Crippen molar-refractivity contribution < 1.29 is 14.6 Å². The van der Waals surface area contributed by atoms with Crippen molar-refractivity contribution in [1.29, 1.82) is 0 Å². The van der Waals surface area contributed by atoms with E-state index in [4.69, 9.17) is 4.74 Å². The Bertz CT molecular complexity index is 373. The quantitative estimate of drug-likeness (QED) is 0.449. The van der Waals surface area contributed by atoms with Gasteiger partial charge >= 0.3 is 5.97 Å². The van der Waals surface area contributed by atoms with Crippen LogP contribution in [0.3, 0.4) is 0 Å². The van der Waals surface area contributed by atoms with Gasteiger partial charge in [0.15, 0.2) is 0 Å². The van der Waals surface area contributed by atoms with E-state index < -0.39 is 14.6 Å². The molecule has 20 heavy (non-hydrogen) atoms. The molecule has 0 saturated heterocycles. The summed E-state index contributed by atoms with van der Waals surface area (Å²) in [6, 6.07) is 0. The number of halogens is 1. The van der Waals surface area contributed by atoms with E-state index in [1.807, 2.05) is 27.7 Å². The molecule has 2 fully saturated rings. The number of fused-ring (bicyclic) bond motifs is 2. The first-order chi connectivity index (χ1) is 9.11. The number of rotatable bonds is 3. The molecule has 4 heteroatoms. The Balaban J connectivity index is 2.12. The Morgan fingerprint density at radius 1 is 1.35 bits per heavy atom. The van der Waals surface area contributed by atoms with E-state index >= 15 is 0 Å². The van der Waals surface area contributed by atoms with E-state index in [1.165, 1.54) is 6.42 Å². The highest BCUT2D eigenvalue weighted by Gasteiger charge is 2.53. The molecule has 0 aromatic heterocycles. The average Bonchev–Trinajstić information content (AvgIpc) is 2.31. The normalized spacial score (nSPS) is 43.7. The minimum absolute atomic E-state index is 0.109. The molecule has 2 aliphatic carbocycles. The zero-order valence-corrected chi connectivity index (χ0v) is 15.2. The van der Waals surface area contributed by atoms with Crippen molar-refractivity contribution in [3.63, 3.8) is 0 Å². The summed E-state index contributed by atoms with van der Waals surface area (Å²) in [7, 11) is 0. The molecule has 1 N–H and O–H groups in total. The van der Waals surface area contributed by atoms with Crippen molar-refractivity contribution in [2.45, 2.75) is 80.8 Å². The summed E-state index contributed by atoms with van der Waals surface area (Å²) in [5.74, 6) is 0.410. The maximum atomic E-state index is 12.4. The molecule has 0 aromatic rings. The Kier molecular flexibility index (Phi) is 4.48. The van der Waals surface area contributed by atoms with Crippen LogP contribution in [-0.2, 0) is 9.53 Å². The van der Waals surface area contributed by atoms with E-state index in [0.29, 0.717) is 0 Å². The van der Waals surface area contributed by atoms with Gasteiger partial charge in [-0.2, -0.15) is 0 Å². The topological polar surface area (TPSA) is 46.5 Å². The first kappa shape index (κ1) is 16.5. The largest absolute Gasteiger partial charge is 0.458 e. The SMILES string of the molecule is CCC(C)(I)C(=O)OC1(C)CC2CCCC(C1)C2(C)O. The second kappa shape index (κ2) is 5.41. The van der Waals surface area contributed by atoms with Crippen LogP contribution < -0.4 is 0 Å². The third-order valence-electron chi connectivity index (χ3n) is 5.54. The third-order valence-corrected chi connectivity index (χ3v) is 6.75. The molecule has 2 saturated carbocycles. The van der Waals surface area contributed by atoms with Crippen molar-refractivity contribution in [2.75, 3.05) is 0 Å². The summed E-state index contributed by atoms with van der Waals surface area (Å²) < 4.78 is 5.46.